The van der Waals surface area contributed by atoms with Crippen LogP contribution in [0.4, 0.5) is 0 Å². The van der Waals surface area contributed by atoms with Gasteiger partial charge in [0, 0.05) is 0 Å². The Morgan fingerprint density at radius 2 is 1.00 bits per heavy atom. The van der Waals surface area contributed by atoms with Gasteiger partial charge in [0.15, 0.2) is 0 Å². The molecule has 15 heavy (non-hydrogen) atoms. The summed E-state index contributed by atoms with van der Waals surface area (Å²) in [4.78, 5) is -0.330. The molecule has 0 atom stereocenters. The zero-order valence-electron chi connectivity index (χ0n) is 7.43. The fraction of sp³-hybridized carbons (Fsp3) is 1.00. The average Bonchev–Trinajstić information content (AvgIpc) is 1.98. The van der Waals surface area contributed by atoms with E-state index in [0.29, 0.717) is 7.05 Å². The molecule has 1 rings (SSSR count). The molecule has 0 saturated carbocycles. The van der Waals surface area contributed by atoms with Crippen LogP contribution in [0.2, 0.25) is 0 Å². The third-order valence-electron chi connectivity index (χ3n) is 2.09. The number of aliphatic hydroxyl groups is 8. The first-order valence-electron chi connectivity index (χ1n) is 3.59. The minimum absolute atomic E-state index is 0.330. The van der Waals surface area contributed by atoms with E-state index in [1.165, 1.54) is 0 Å². The normalized spacial score (nSPS) is 32.6. The van der Waals surface area contributed by atoms with Crippen LogP contribution in [0.1, 0.15) is 0 Å². The first-order valence-corrected chi connectivity index (χ1v) is 3.59. The van der Waals surface area contributed by atoms with Crippen molar-refractivity contribution in [1.82, 2.24) is 4.90 Å². The molecule has 10 nitrogen and oxygen atoms in total. The van der Waals surface area contributed by atoms with Gasteiger partial charge in [-0.2, -0.15) is 4.90 Å². The molecule has 0 aliphatic carbocycles. The summed E-state index contributed by atoms with van der Waals surface area (Å²) in [6, 6.07) is 0. The van der Waals surface area contributed by atoms with Gasteiger partial charge in [-0.05, 0) is 7.05 Å². The lowest BCUT2D eigenvalue weighted by molar-refractivity contribution is -0.655. The molecule has 10 heteroatoms. The molecule has 0 bridgehead atoms. The zero-order chi connectivity index (χ0) is 12.3. The fourth-order valence-corrected chi connectivity index (χ4v) is 0.990. The lowest BCUT2D eigenvalue weighted by Crippen LogP contribution is -2.83. The van der Waals surface area contributed by atoms with Crippen molar-refractivity contribution in [2.45, 2.75) is 23.8 Å². The van der Waals surface area contributed by atoms with Crippen molar-refractivity contribution in [3.05, 3.63) is 0 Å². The third kappa shape index (κ3) is 1.44. The molecule has 0 spiro atoms. The van der Waals surface area contributed by atoms with Crippen molar-refractivity contribution in [1.29, 1.82) is 0 Å². The zero-order valence-corrected chi connectivity index (χ0v) is 7.43. The van der Waals surface area contributed by atoms with Gasteiger partial charge in [-0.25, -0.2) is 0 Å². The molecule has 1 fully saturated rings. The van der Waals surface area contributed by atoms with E-state index in [1.807, 2.05) is 0 Å². The Kier molecular flexibility index (Phi) is 2.39. The van der Waals surface area contributed by atoms with Crippen LogP contribution in [0.25, 0.3) is 0 Å². The molecule has 0 amide bonds. The molecule has 0 aromatic heterocycles. The molecule has 1 saturated heterocycles. The molecule has 0 aromatic carbocycles. The van der Waals surface area contributed by atoms with Gasteiger partial charge >= 0.3 is 23.8 Å². The first-order chi connectivity index (χ1) is 6.36. The molecule has 8 N–H and O–H groups in total. The van der Waals surface area contributed by atoms with Crippen molar-refractivity contribution in [3.63, 3.8) is 0 Å². The summed E-state index contributed by atoms with van der Waals surface area (Å²) in [6.07, 6.45) is 0. The fourth-order valence-electron chi connectivity index (χ4n) is 0.990. The van der Waals surface area contributed by atoms with Crippen molar-refractivity contribution in [3.8, 4) is 0 Å². The van der Waals surface area contributed by atoms with Crippen molar-refractivity contribution in [2.24, 2.45) is 0 Å². The molecule has 1 aliphatic rings. The van der Waals surface area contributed by atoms with E-state index < -0.39 is 23.8 Å². The van der Waals surface area contributed by atoms with Gasteiger partial charge < -0.3 is 40.9 Å². The van der Waals surface area contributed by atoms with Crippen LogP contribution in [-0.2, 0) is 4.74 Å². The summed E-state index contributed by atoms with van der Waals surface area (Å²) in [6.45, 7) is 0. The van der Waals surface area contributed by atoms with Gasteiger partial charge in [0.2, 0.25) is 0 Å². The average molecular weight is 229 g/mol. The number of ether oxygens (including phenoxy) is 1. The molecule has 0 aromatic rings. The topological polar surface area (TPSA) is 174 Å². The van der Waals surface area contributed by atoms with Crippen molar-refractivity contribution >= 4 is 0 Å². The Hall–Kier alpha value is -0.400. The van der Waals surface area contributed by atoms with E-state index in [4.69, 9.17) is 40.9 Å². The van der Waals surface area contributed by atoms with Gasteiger partial charge in [-0.15, -0.1) is 0 Å². The summed E-state index contributed by atoms with van der Waals surface area (Å²) >= 11 is 0. The monoisotopic (exact) mass is 229 g/mol. The summed E-state index contributed by atoms with van der Waals surface area (Å²) < 4.78 is 3.54. The highest BCUT2D eigenvalue weighted by Gasteiger charge is 2.73. The Bertz CT molecular complexity index is 246. The van der Waals surface area contributed by atoms with Crippen molar-refractivity contribution in [2.75, 3.05) is 7.05 Å². The Labute approximate surface area is 82.4 Å². The van der Waals surface area contributed by atoms with Gasteiger partial charge in [0.05, 0.1) is 0 Å². The van der Waals surface area contributed by atoms with Crippen LogP contribution in [0.5, 0.6) is 0 Å². The van der Waals surface area contributed by atoms with Gasteiger partial charge in [0.1, 0.15) is 0 Å². The highest BCUT2D eigenvalue weighted by atomic mass is 16.9. The lowest BCUT2D eigenvalue weighted by Gasteiger charge is -2.53. The van der Waals surface area contributed by atoms with Crippen LogP contribution >= 0.6 is 0 Å². The second-order valence-electron chi connectivity index (χ2n) is 3.15. The van der Waals surface area contributed by atoms with E-state index in [0.717, 1.165) is 0 Å². The number of hydrogen-bond donors (Lipinski definition) is 8. The maximum Gasteiger partial charge on any atom is 0.356 e. The Morgan fingerprint density at radius 3 is 1.27 bits per heavy atom. The second kappa shape index (κ2) is 2.83. The summed E-state index contributed by atoms with van der Waals surface area (Å²) in [5.41, 5.74) is 0. The van der Waals surface area contributed by atoms with E-state index >= 15 is 0 Å². The van der Waals surface area contributed by atoms with E-state index in [1.54, 1.807) is 0 Å². The predicted molar refractivity (Wildman–Crippen MR) is 37.5 cm³/mol. The summed E-state index contributed by atoms with van der Waals surface area (Å²) in [7, 11) is 0.560. The van der Waals surface area contributed by atoms with Gasteiger partial charge in [0.25, 0.3) is 0 Å². The minimum Gasteiger partial charge on any atom is -0.347 e. The summed E-state index contributed by atoms with van der Waals surface area (Å²) in [5.74, 6) is -15.0. The van der Waals surface area contributed by atoms with Crippen molar-refractivity contribution < 1.29 is 45.6 Å². The number of hydrogen-bond acceptors (Lipinski definition) is 10. The minimum atomic E-state index is -3.85. The first kappa shape index (κ1) is 12.7. The maximum atomic E-state index is 9.05. The SMILES string of the molecule is CN1C(O)(O)C(O)(O)OC(O)(O)C1(O)O. The van der Waals surface area contributed by atoms with E-state index in [-0.39, 0.29) is 4.90 Å². The van der Waals surface area contributed by atoms with Gasteiger partial charge in [-0.3, -0.25) is 4.74 Å². The quantitative estimate of drug-likeness (QED) is 0.187. The van der Waals surface area contributed by atoms with E-state index in [2.05, 4.69) is 4.74 Å². The summed E-state index contributed by atoms with van der Waals surface area (Å²) in [5, 5.41) is 71.8. The van der Waals surface area contributed by atoms with Crippen LogP contribution in [0.3, 0.4) is 0 Å². The number of likely N-dealkylation sites (N-methyl/N-ethyl adjacent to an activating group) is 1. The van der Waals surface area contributed by atoms with Crippen LogP contribution in [0, 0.1) is 0 Å². The third-order valence-corrected chi connectivity index (χ3v) is 2.09. The number of morpholine rings is 1. The highest BCUT2D eigenvalue weighted by molar-refractivity contribution is 4.89. The van der Waals surface area contributed by atoms with Crippen LogP contribution < -0.4 is 0 Å². The smallest absolute Gasteiger partial charge is 0.347 e. The molecule has 0 radical (unpaired) electrons. The standard InChI is InChI=1S/C5H11NO9/c1-6-2(7,8)4(11,12)15-5(13,14)3(6,9)10/h7-14H,1H3. The largest absolute Gasteiger partial charge is 0.356 e. The molecule has 90 valence electrons. The van der Waals surface area contributed by atoms with E-state index in [9.17, 15) is 0 Å². The Balaban J connectivity index is 3.24. The molecular formula is C5H11NO9. The number of nitrogens with zero attached hydrogens (tertiary/aromatic N) is 1. The molecule has 1 heterocycles. The number of rotatable bonds is 0. The predicted octanol–water partition coefficient (Wildman–Crippen LogP) is -5.50. The molecular weight excluding hydrogens is 218 g/mol. The molecule has 1 aliphatic heterocycles. The second-order valence-corrected chi connectivity index (χ2v) is 3.15. The Morgan fingerprint density at radius 1 is 0.733 bits per heavy atom. The highest BCUT2D eigenvalue weighted by Crippen LogP contribution is 2.39. The van der Waals surface area contributed by atoms with Gasteiger partial charge in [-0.1, -0.05) is 0 Å². The van der Waals surface area contributed by atoms with Crippen LogP contribution in [-0.4, -0.2) is 76.6 Å². The van der Waals surface area contributed by atoms with Crippen LogP contribution in [0.15, 0.2) is 0 Å². The molecule has 0 unspecified atom stereocenters. The lowest BCUT2D eigenvalue weighted by atomic mass is 10.2. The maximum absolute atomic E-state index is 9.05.